The molecular weight excluding hydrogens is 376 g/mol. The number of esters is 1. The Bertz CT molecular complexity index is 648. The van der Waals surface area contributed by atoms with Crippen molar-refractivity contribution in [3.63, 3.8) is 0 Å². The summed E-state index contributed by atoms with van der Waals surface area (Å²) in [6.07, 6.45) is 0. The largest absolute Gasteiger partial charge is 0.466 e. The van der Waals surface area contributed by atoms with Crippen molar-refractivity contribution in [1.82, 2.24) is 4.90 Å². The highest BCUT2D eigenvalue weighted by molar-refractivity contribution is 9.10. The van der Waals surface area contributed by atoms with Crippen molar-refractivity contribution < 1.29 is 19.4 Å². The number of aliphatic hydroxyl groups excluding tert-OH is 1. The van der Waals surface area contributed by atoms with Crippen molar-refractivity contribution in [2.75, 3.05) is 32.1 Å². The summed E-state index contributed by atoms with van der Waals surface area (Å²) >= 11 is 9.41. The molecular formula is C14H14BrClN2O4. The molecule has 118 valence electrons. The number of aliphatic hydroxyl groups is 1. The van der Waals surface area contributed by atoms with Gasteiger partial charge in [-0.2, -0.15) is 0 Å². The van der Waals surface area contributed by atoms with Crippen LogP contribution in [0.25, 0.3) is 0 Å². The molecule has 8 heteroatoms. The van der Waals surface area contributed by atoms with Crippen LogP contribution in [0.2, 0.25) is 5.02 Å². The number of hydrogen-bond acceptors (Lipinski definition) is 5. The second-order valence-electron chi connectivity index (χ2n) is 4.54. The molecule has 1 aromatic carbocycles. The first-order valence-corrected chi connectivity index (χ1v) is 7.58. The second kappa shape index (κ2) is 7.13. The molecule has 0 spiro atoms. The highest BCUT2D eigenvalue weighted by Crippen LogP contribution is 2.29. The van der Waals surface area contributed by atoms with Crippen LogP contribution < -0.4 is 5.32 Å². The van der Waals surface area contributed by atoms with E-state index in [-0.39, 0.29) is 36.9 Å². The summed E-state index contributed by atoms with van der Waals surface area (Å²) in [7, 11) is 1.25. The van der Waals surface area contributed by atoms with Gasteiger partial charge in [0.1, 0.15) is 5.70 Å². The van der Waals surface area contributed by atoms with E-state index in [0.29, 0.717) is 10.7 Å². The van der Waals surface area contributed by atoms with Crippen molar-refractivity contribution in [2.45, 2.75) is 0 Å². The zero-order valence-electron chi connectivity index (χ0n) is 11.7. The first kappa shape index (κ1) is 16.8. The van der Waals surface area contributed by atoms with Gasteiger partial charge in [0.05, 0.1) is 36.5 Å². The van der Waals surface area contributed by atoms with Crippen LogP contribution in [-0.4, -0.2) is 48.7 Å². The molecule has 1 aliphatic rings. The molecule has 0 aromatic heterocycles. The summed E-state index contributed by atoms with van der Waals surface area (Å²) in [5.41, 5.74) is 0.809. The number of carbonyl (C=O) groups excluding carboxylic acids is 2. The lowest BCUT2D eigenvalue weighted by molar-refractivity contribution is -0.136. The zero-order chi connectivity index (χ0) is 16.3. The molecule has 22 heavy (non-hydrogen) atoms. The van der Waals surface area contributed by atoms with Gasteiger partial charge in [-0.3, -0.25) is 4.79 Å². The third kappa shape index (κ3) is 3.43. The quantitative estimate of drug-likeness (QED) is 0.751. The Morgan fingerprint density at radius 2 is 2.27 bits per heavy atom. The van der Waals surface area contributed by atoms with Crippen molar-refractivity contribution in [1.29, 1.82) is 0 Å². The Hall–Kier alpha value is -1.57. The Balaban J connectivity index is 2.36. The van der Waals surface area contributed by atoms with Crippen molar-refractivity contribution in [3.05, 3.63) is 39.0 Å². The van der Waals surface area contributed by atoms with Gasteiger partial charge in [-0.15, -0.1) is 0 Å². The van der Waals surface area contributed by atoms with E-state index in [4.69, 9.17) is 21.4 Å². The SMILES string of the molecule is COC(=O)C1=C(Nc2cc(Br)ccc2Cl)C(=O)N(CCO)C1. The number of β-amino-alcohol motifs (C(OH)–C–C–N with tert-alkyl or cyclic N) is 1. The molecule has 0 fully saturated rings. The number of methoxy groups -OCH3 is 1. The average Bonchev–Trinajstić information content (AvgIpc) is 2.80. The normalized spacial score (nSPS) is 14.5. The Labute approximate surface area is 140 Å². The number of amides is 1. The maximum atomic E-state index is 12.4. The van der Waals surface area contributed by atoms with E-state index in [1.54, 1.807) is 18.2 Å². The van der Waals surface area contributed by atoms with Gasteiger partial charge in [0.15, 0.2) is 0 Å². The summed E-state index contributed by atoms with van der Waals surface area (Å²) < 4.78 is 5.49. The van der Waals surface area contributed by atoms with Crippen LogP contribution in [0.5, 0.6) is 0 Å². The molecule has 1 aromatic rings. The maximum absolute atomic E-state index is 12.4. The van der Waals surface area contributed by atoms with Crippen LogP contribution in [0.3, 0.4) is 0 Å². The monoisotopic (exact) mass is 388 g/mol. The fourth-order valence-electron chi connectivity index (χ4n) is 2.08. The fourth-order valence-corrected chi connectivity index (χ4v) is 2.60. The van der Waals surface area contributed by atoms with E-state index < -0.39 is 5.97 Å². The molecule has 1 aliphatic heterocycles. The summed E-state index contributed by atoms with van der Waals surface area (Å²) in [6, 6.07) is 5.13. The van der Waals surface area contributed by atoms with Crippen LogP contribution in [-0.2, 0) is 14.3 Å². The molecule has 0 aliphatic carbocycles. The first-order chi connectivity index (χ1) is 10.5. The number of nitrogens with one attached hydrogen (secondary N) is 1. The zero-order valence-corrected chi connectivity index (χ0v) is 14.1. The van der Waals surface area contributed by atoms with Crippen LogP contribution in [0.1, 0.15) is 0 Å². The molecule has 2 rings (SSSR count). The fraction of sp³-hybridized carbons (Fsp3) is 0.286. The molecule has 0 saturated carbocycles. The van der Waals surface area contributed by atoms with E-state index in [1.807, 2.05) is 0 Å². The van der Waals surface area contributed by atoms with Crippen molar-refractivity contribution >= 4 is 45.1 Å². The highest BCUT2D eigenvalue weighted by atomic mass is 79.9. The summed E-state index contributed by atoms with van der Waals surface area (Å²) in [5, 5.41) is 12.3. The third-order valence-corrected chi connectivity index (χ3v) is 3.96. The minimum Gasteiger partial charge on any atom is -0.466 e. The maximum Gasteiger partial charge on any atom is 0.337 e. The van der Waals surface area contributed by atoms with E-state index in [1.165, 1.54) is 12.0 Å². The van der Waals surface area contributed by atoms with Gasteiger partial charge in [0.2, 0.25) is 0 Å². The lowest BCUT2D eigenvalue weighted by atomic mass is 10.2. The van der Waals surface area contributed by atoms with Gasteiger partial charge in [0.25, 0.3) is 5.91 Å². The third-order valence-electron chi connectivity index (χ3n) is 3.14. The number of rotatable bonds is 5. The average molecular weight is 390 g/mol. The Morgan fingerprint density at radius 1 is 1.55 bits per heavy atom. The number of carbonyl (C=O) groups is 2. The second-order valence-corrected chi connectivity index (χ2v) is 5.87. The van der Waals surface area contributed by atoms with E-state index in [9.17, 15) is 9.59 Å². The lowest BCUT2D eigenvalue weighted by Gasteiger charge is -2.15. The molecule has 0 saturated heterocycles. The summed E-state index contributed by atoms with van der Waals surface area (Å²) in [6.45, 7) is 0.0296. The number of halogens is 2. The van der Waals surface area contributed by atoms with Crippen LogP contribution in [0.4, 0.5) is 5.69 Å². The number of hydrogen-bond donors (Lipinski definition) is 2. The molecule has 1 heterocycles. The Kier molecular flexibility index (Phi) is 5.44. The molecule has 1 amide bonds. The predicted octanol–water partition coefficient (Wildman–Crippen LogP) is 1.78. The van der Waals surface area contributed by atoms with Crippen LogP contribution in [0, 0.1) is 0 Å². The van der Waals surface area contributed by atoms with Crippen LogP contribution in [0.15, 0.2) is 33.9 Å². The molecule has 0 atom stereocenters. The number of benzene rings is 1. The first-order valence-electron chi connectivity index (χ1n) is 6.41. The van der Waals surface area contributed by atoms with Gasteiger partial charge in [0, 0.05) is 11.0 Å². The van der Waals surface area contributed by atoms with E-state index in [0.717, 1.165) is 4.47 Å². The van der Waals surface area contributed by atoms with E-state index >= 15 is 0 Å². The van der Waals surface area contributed by atoms with Gasteiger partial charge in [-0.25, -0.2) is 4.79 Å². The van der Waals surface area contributed by atoms with Crippen molar-refractivity contribution in [2.24, 2.45) is 0 Å². The highest BCUT2D eigenvalue weighted by Gasteiger charge is 2.34. The van der Waals surface area contributed by atoms with Gasteiger partial charge >= 0.3 is 5.97 Å². The summed E-state index contributed by atoms with van der Waals surface area (Å²) in [5.74, 6) is -0.979. The molecule has 6 nitrogen and oxygen atoms in total. The standard InChI is InChI=1S/C14H14BrClN2O4/c1-22-14(21)9-7-18(4-5-19)13(20)12(9)17-11-6-8(15)2-3-10(11)16/h2-3,6,17,19H,4-5,7H2,1H3. The van der Waals surface area contributed by atoms with E-state index in [2.05, 4.69) is 21.2 Å². The molecule has 0 bridgehead atoms. The predicted molar refractivity (Wildman–Crippen MR) is 85.5 cm³/mol. The molecule has 0 unspecified atom stereocenters. The van der Waals surface area contributed by atoms with Gasteiger partial charge < -0.3 is 20.1 Å². The minimum absolute atomic E-state index is 0.0834. The number of nitrogens with zero attached hydrogens (tertiary/aromatic N) is 1. The smallest absolute Gasteiger partial charge is 0.337 e. The molecule has 2 N–H and O–H groups in total. The van der Waals surface area contributed by atoms with Gasteiger partial charge in [-0.1, -0.05) is 27.5 Å². The molecule has 0 radical (unpaired) electrons. The lowest BCUT2D eigenvalue weighted by Crippen LogP contribution is -2.31. The topological polar surface area (TPSA) is 78.9 Å². The number of ether oxygens (including phenoxy) is 1. The van der Waals surface area contributed by atoms with Crippen molar-refractivity contribution in [3.8, 4) is 0 Å². The Morgan fingerprint density at radius 3 is 2.91 bits per heavy atom. The summed E-state index contributed by atoms with van der Waals surface area (Å²) in [4.78, 5) is 25.6. The number of anilines is 1. The van der Waals surface area contributed by atoms with Crippen LogP contribution >= 0.6 is 27.5 Å². The van der Waals surface area contributed by atoms with Gasteiger partial charge in [-0.05, 0) is 18.2 Å². The minimum atomic E-state index is -0.595.